The molecule has 1 aromatic carbocycles. The fourth-order valence-corrected chi connectivity index (χ4v) is 4.72. The molecule has 7 nitrogen and oxygen atoms in total. The van der Waals surface area contributed by atoms with Gasteiger partial charge in [-0.2, -0.15) is 5.26 Å². The number of ether oxygens (including phenoxy) is 3. The van der Waals surface area contributed by atoms with E-state index in [1.54, 1.807) is 39.0 Å². The molecule has 0 amide bonds. The van der Waals surface area contributed by atoms with Gasteiger partial charge in [0.25, 0.3) is 0 Å². The maximum atomic E-state index is 13.0. The van der Waals surface area contributed by atoms with Crippen molar-refractivity contribution in [2.45, 2.75) is 34.1 Å². The summed E-state index contributed by atoms with van der Waals surface area (Å²) in [6.07, 6.45) is 1.25. The molecule has 0 spiro atoms. The van der Waals surface area contributed by atoms with Crippen molar-refractivity contribution < 1.29 is 28.6 Å². The summed E-state index contributed by atoms with van der Waals surface area (Å²) < 4.78 is 16.4. The summed E-state index contributed by atoms with van der Waals surface area (Å²) in [5.74, 6) is -1.02. The zero-order chi connectivity index (χ0) is 24.5. The Kier molecular flexibility index (Phi) is 9.82. The highest BCUT2D eigenvalue weighted by Gasteiger charge is 2.28. The van der Waals surface area contributed by atoms with E-state index in [2.05, 4.69) is 15.9 Å². The molecule has 1 heterocycles. The molecule has 0 atom stereocenters. The first-order valence-corrected chi connectivity index (χ1v) is 11.9. The lowest BCUT2D eigenvalue weighted by Crippen LogP contribution is -2.12. The van der Waals surface area contributed by atoms with Gasteiger partial charge in [-0.1, -0.05) is 6.07 Å². The number of thiophene rings is 1. The Morgan fingerprint density at radius 1 is 1.09 bits per heavy atom. The van der Waals surface area contributed by atoms with E-state index in [9.17, 15) is 19.6 Å². The van der Waals surface area contributed by atoms with Gasteiger partial charge in [-0.3, -0.25) is 4.79 Å². The first-order valence-electron chi connectivity index (χ1n) is 10.3. The van der Waals surface area contributed by atoms with Crippen molar-refractivity contribution >= 4 is 51.1 Å². The molecule has 174 valence electrons. The molecule has 0 aliphatic rings. The predicted octanol–water partition coefficient (Wildman–Crippen LogP) is 5.29. The lowest BCUT2D eigenvalue weighted by Gasteiger charge is -2.07. The summed E-state index contributed by atoms with van der Waals surface area (Å²) in [4.78, 5) is 38.4. The number of carbonyl (C=O) groups is 3. The van der Waals surface area contributed by atoms with Crippen LogP contribution < -0.4 is 4.74 Å². The molecule has 0 radical (unpaired) electrons. The number of hydrogen-bond donors (Lipinski definition) is 0. The molecule has 0 aliphatic heterocycles. The molecule has 0 bridgehead atoms. The molecule has 2 rings (SSSR count). The van der Waals surface area contributed by atoms with Crippen molar-refractivity contribution in [1.29, 1.82) is 5.26 Å². The van der Waals surface area contributed by atoms with E-state index in [4.69, 9.17) is 14.2 Å². The second kappa shape index (κ2) is 12.3. The molecule has 0 aliphatic carbocycles. The lowest BCUT2D eigenvalue weighted by molar-refractivity contribution is -0.114. The van der Waals surface area contributed by atoms with Gasteiger partial charge in [-0.15, -0.1) is 11.3 Å². The highest BCUT2D eigenvalue weighted by molar-refractivity contribution is 9.10. The second-order valence-corrected chi connectivity index (χ2v) is 8.65. The Hall–Kier alpha value is -2.96. The zero-order valence-corrected chi connectivity index (χ0v) is 21.2. The third-order valence-electron chi connectivity index (χ3n) is 4.47. The Morgan fingerprint density at radius 3 is 2.33 bits per heavy atom. The maximum Gasteiger partial charge on any atom is 0.348 e. The maximum absolute atomic E-state index is 13.0. The van der Waals surface area contributed by atoms with E-state index >= 15 is 0 Å². The fraction of sp³-hybridized carbons (Fsp3) is 0.333. The molecule has 2 aromatic rings. The number of nitriles is 1. The third-order valence-corrected chi connectivity index (χ3v) is 6.36. The van der Waals surface area contributed by atoms with Crippen molar-refractivity contribution in [3.05, 3.63) is 54.7 Å². The zero-order valence-electron chi connectivity index (χ0n) is 18.8. The second-order valence-electron chi connectivity index (χ2n) is 6.69. The van der Waals surface area contributed by atoms with Crippen LogP contribution in [0.1, 0.15) is 56.8 Å². The summed E-state index contributed by atoms with van der Waals surface area (Å²) in [6, 6.07) is 7.15. The van der Waals surface area contributed by atoms with Crippen molar-refractivity contribution in [2.75, 3.05) is 19.8 Å². The van der Waals surface area contributed by atoms with Gasteiger partial charge < -0.3 is 14.2 Å². The summed E-state index contributed by atoms with van der Waals surface area (Å²) in [5, 5.41) is 9.59. The summed E-state index contributed by atoms with van der Waals surface area (Å²) in [5.41, 5.74) is 1.12. The molecule has 33 heavy (non-hydrogen) atoms. The fourth-order valence-electron chi connectivity index (χ4n) is 3.02. The predicted molar refractivity (Wildman–Crippen MR) is 129 cm³/mol. The van der Waals surface area contributed by atoms with Gasteiger partial charge in [-0.05, 0) is 73.0 Å². The van der Waals surface area contributed by atoms with Gasteiger partial charge in [0.05, 0.1) is 35.4 Å². The van der Waals surface area contributed by atoms with E-state index in [0.717, 1.165) is 11.3 Å². The van der Waals surface area contributed by atoms with Crippen molar-refractivity contribution in [3.8, 4) is 11.8 Å². The van der Waals surface area contributed by atoms with Crippen LogP contribution in [0.25, 0.3) is 6.08 Å². The molecule has 0 saturated carbocycles. The number of allylic oxidation sites excluding steroid dienone is 1. The summed E-state index contributed by atoms with van der Waals surface area (Å²) >= 11 is 4.42. The number of Topliss-reactive ketones (excluding diaryl/α,β-unsaturated/α-hetero) is 1. The van der Waals surface area contributed by atoms with Crippen LogP contribution in [0.2, 0.25) is 0 Å². The van der Waals surface area contributed by atoms with Crippen LogP contribution in [-0.2, 0) is 20.7 Å². The van der Waals surface area contributed by atoms with E-state index in [0.29, 0.717) is 32.8 Å². The van der Waals surface area contributed by atoms with Crippen molar-refractivity contribution in [2.24, 2.45) is 0 Å². The van der Waals surface area contributed by atoms with Crippen LogP contribution in [-0.4, -0.2) is 37.5 Å². The first-order chi connectivity index (χ1) is 15.8. The molecule has 0 fully saturated rings. The van der Waals surface area contributed by atoms with E-state index in [1.165, 1.54) is 6.08 Å². The molecule has 0 unspecified atom stereocenters. The monoisotopic (exact) mass is 533 g/mol. The standard InChI is InChI=1S/C24H24BrNO6S/c1-5-30-19-9-8-15(11-17(19)25)10-16(13-26)18(27)12-20-21(23(28)31-6-2)14(4)22(33-20)24(29)32-7-3/h8-11H,5-7,12H2,1-4H3/b16-10+. The number of carbonyl (C=O) groups excluding carboxylic acids is 3. The lowest BCUT2D eigenvalue weighted by atomic mass is 10.0. The highest BCUT2D eigenvalue weighted by atomic mass is 79.9. The highest BCUT2D eigenvalue weighted by Crippen LogP contribution is 2.31. The van der Waals surface area contributed by atoms with Crippen LogP contribution in [0.15, 0.2) is 28.2 Å². The molecular formula is C24H24BrNO6S. The van der Waals surface area contributed by atoms with E-state index in [-0.39, 0.29) is 35.6 Å². The SMILES string of the molecule is CCOC(=O)c1sc(CC(=O)/C(C#N)=C/c2ccc(OCC)c(Br)c2)c(C(=O)OCC)c1C. The summed E-state index contributed by atoms with van der Waals surface area (Å²) in [6.45, 7) is 7.66. The average molecular weight is 534 g/mol. The minimum atomic E-state index is -0.623. The Morgan fingerprint density at radius 2 is 1.76 bits per heavy atom. The Labute approximate surface area is 205 Å². The summed E-state index contributed by atoms with van der Waals surface area (Å²) in [7, 11) is 0. The van der Waals surface area contributed by atoms with Gasteiger partial charge >= 0.3 is 11.9 Å². The van der Waals surface area contributed by atoms with E-state index < -0.39 is 17.7 Å². The molecule has 0 saturated heterocycles. The third kappa shape index (κ3) is 6.53. The normalized spacial score (nSPS) is 11.0. The quantitative estimate of drug-likeness (QED) is 0.232. The number of nitrogens with zero attached hydrogens (tertiary/aromatic N) is 1. The van der Waals surface area contributed by atoms with Gasteiger partial charge in [0.15, 0.2) is 5.78 Å². The van der Waals surface area contributed by atoms with Crippen LogP contribution >= 0.6 is 27.3 Å². The molecular weight excluding hydrogens is 510 g/mol. The molecule has 0 N–H and O–H groups in total. The molecule has 1 aromatic heterocycles. The number of rotatable bonds is 10. The Balaban J connectivity index is 2.40. The number of esters is 2. The number of ketones is 1. The van der Waals surface area contributed by atoms with Crippen LogP contribution in [0, 0.1) is 18.3 Å². The van der Waals surface area contributed by atoms with Gasteiger partial charge in [0.1, 0.15) is 16.7 Å². The van der Waals surface area contributed by atoms with Crippen LogP contribution in [0.3, 0.4) is 0 Å². The van der Waals surface area contributed by atoms with Gasteiger partial charge in [0, 0.05) is 11.3 Å². The van der Waals surface area contributed by atoms with Gasteiger partial charge in [-0.25, -0.2) is 9.59 Å². The average Bonchev–Trinajstić information content (AvgIpc) is 3.10. The topological polar surface area (TPSA) is 103 Å². The van der Waals surface area contributed by atoms with Crippen LogP contribution in [0.5, 0.6) is 5.75 Å². The van der Waals surface area contributed by atoms with Crippen molar-refractivity contribution in [3.63, 3.8) is 0 Å². The minimum Gasteiger partial charge on any atom is -0.493 e. The van der Waals surface area contributed by atoms with Gasteiger partial charge in [0.2, 0.25) is 0 Å². The first kappa shape index (κ1) is 26.3. The largest absolute Gasteiger partial charge is 0.493 e. The van der Waals surface area contributed by atoms with E-state index in [1.807, 2.05) is 13.0 Å². The Bertz CT molecular complexity index is 1130. The number of halogens is 1. The minimum absolute atomic E-state index is 0.0791. The molecule has 9 heteroatoms. The number of hydrogen-bond acceptors (Lipinski definition) is 8. The number of benzene rings is 1. The van der Waals surface area contributed by atoms with Crippen LogP contribution in [0.4, 0.5) is 0 Å². The smallest absolute Gasteiger partial charge is 0.348 e. The van der Waals surface area contributed by atoms with Crippen molar-refractivity contribution in [1.82, 2.24) is 0 Å².